The highest BCUT2D eigenvalue weighted by atomic mass is 79.9. The van der Waals surface area contributed by atoms with Gasteiger partial charge in [0.15, 0.2) is 0 Å². The first-order valence-corrected chi connectivity index (χ1v) is 6.43. The molecule has 0 bridgehead atoms. The molecule has 0 radical (unpaired) electrons. The second kappa shape index (κ2) is 6.00. The summed E-state index contributed by atoms with van der Waals surface area (Å²) in [7, 11) is 0. The van der Waals surface area contributed by atoms with E-state index in [0.29, 0.717) is 10.0 Å². The van der Waals surface area contributed by atoms with Crippen molar-refractivity contribution in [2.75, 3.05) is 5.73 Å². The normalized spacial score (nSPS) is 10.3. The molecule has 0 heterocycles. The van der Waals surface area contributed by atoms with Crippen molar-refractivity contribution in [1.29, 1.82) is 0 Å². The van der Waals surface area contributed by atoms with Crippen LogP contribution in [0.3, 0.4) is 0 Å². The Morgan fingerprint density at radius 2 is 1.95 bits per heavy atom. The molecule has 2 N–H and O–H groups in total. The van der Waals surface area contributed by atoms with Crippen LogP contribution in [0.2, 0.25) is 0 Å². The van der Waals surface area contributed by atoms with Crippen LogP contribution < -0.4 is 5.73 Å². The number of hydrogen-bond donors (Lipinski definition) is 1. The number of carbonyl (C=O) groups is 1. The zero-order valence-corrected chi connectivity index (χ0v) is 11.8. The number of anilines is 1. The minimum atomic E-state index is -0.856. The Hall–Kier alpha value is -1.95. The lowest BCUT2D eigenvalue weighted by Gasteiger charge is -2.08. The molecule has 0 aromatic heterocycles. The fourth-order valence-electron chi connectivity index (χ4n) is 1.57. The first kappa shape index (κ1) is 14.5. The average molecular weight is 342 g/mol. The Balaban J connectivity index is 2.12. The summed E-state index contributed by atoms with van der Waals surface area (Å²) in [5.74, 6) is -2.03. The first-order valence-electron chi connectivity index (χ1n) is 5.63. The van der Waals surface area contributed by atoms with Gasteiger partial charge in [0.2, 0.25) is 0 Å². The van der Waals surface area contributed by atoms with E-state index in [-0.39, 0.29) is 17.9 Å². The number of hydrogen-bond acceptors (Lipinski definition) is 3. The highest BCUT2D eigenvalue weighted by Gasteiger charge is 2.14. The Labute approximate surface area is 122 Å². The van der Waals surface area contributed by atoms with Gasteiger partial charge < -0.3 is 10.5 Å². The van der Waals surface area contributed by atoms with Crippen LogP contribution in [0, 0.1) is 11.6 Å². The van der Waals surface area contributed by atoms with Crippen LogP contribution in [0.1, 0.15) is 15.9 Å². The number of ether oxygens (including phenoxy) is 1. The molecule has 20 heavy (non-hydrogen) atoms. The van der Waals surface area contributed by atoms with E-state index in [9.17, 15) is 13.6 Å². The summed E-state index contributed by atoms with van der Waals surface area (Å²) in [5.41, 5.74) is 5.93. The van der Waals surface area contributed by atoms with Gasteiger partial charge in [0.1, 0.15) is 18.2 Å². The summed E-state index contributed by atoms with van der Waals surface area (Å²) in [4.78, 5) is 11.8. The Morgan fingerprint density at radius 3 is 2.70 bits per heavy atom. The minimum Gasteiger partial charge on any atom is -0.457 e. The van der Waals surface area contributed by atoms with Crippen molar-refractivity contribution in [2.45, 2.75) is 6.61 Å². The number of halogens is 3. The molecule has 0 aliphatic carbocycles. The van der Waals surface area contributed by atoms with Crippen LogP contribution in [0.5, 0.6) is 0 Å². The summed E-state index contributed by atoms with van der Waals surface area (Å²) in [5, 5.41) is 0. The summed E-state index contributed by atoms with van der Waals surface area (Å²) < 4.78 is 32.1. The van der Waals surface area contributed by atoms with Crippen molar-refractivity contribution in [3.05, 3.63) is 63.6 Å². The molecular formula is C14H10BrF2NO2. The van der Waals surface area contributed by atoms with Gasteiger partial charge in [-0.15, -0.1) is 0 Å². The van der Waals surface area contributed by atoms with Gasteiger partial charge in [0.25, 0.3) is 0 Å². The van der Waals surface area contributed by atoms with Gasteiger partial charge >= 0.3 is 5.97 Å². The van der Waals surface area contributed by atoms with Crippen molar-refractivity contribution in [2.24, 2.45) is 0 Å². The number of nitrogens with two attached hydrogens (primary N) is 1. The van der Waals surface area contributed by atoms with Gasteiger partial charge in [-0.1, -0.05) is 15.9 Å². The number of carbonyl (C=O) groups excluding carboxylic acids is 1. The zero-order chi connectivity index (χ0) is 14.7. The molecule has 0 amide bonds. The van der Waals surface area contributed by atoms with Gasteiger partial charge in [-0.25, -0.2) is 13.6 Å². The fraction of sp³-hybridized carbons (Fsp3) is 0.0714. The van der Waals surface area contributed by atoms with Gasteiger partial charge in [0.05, 0.1) is 5.56 Å². The molecule has 0 aliphatic heterocycles. The maximum absolute atomic E-state index is 13.5. The van der Waals surface area contributed by atoms with E-state index in [1.165, 1.54) is 30.3 Å². The van der Waals surface area contributed by atoms with E-state index < -0.39 is 17.6 Å². The van der Waals surface area contributed by atoms with Gasteiger partial charge in [-0.3, -0.25) is 0 Å². The van der Waals surface area contributed by atoms with Crippen LogP contribution in [0.4, 0.5) is 14.5 Å². The number of esters is 1. The molecule has 0 saturated carbocycles. The molecule has 0 unspecified atom stereocenters. The van der Waals surface area contributed by atoms with Crippen molar-refractivity contribution in [3.63, 3.8) is 0 Å². The molecule has 0 spiro atoms. The Morgan fingerprint density at radius 1 is 1.20 bits per heavy atom. The second-order valence-electron chi connectivity index (χ2n) is 4.05. The van der Waals surface area contributed by atoms with Gasteiger partial charge in [0, 0.05) is 15.7 Å². The third-order valence-electron chi connectivity index (χ3n) is 2.58. The molecule has 2 aromatic carbocycles. The zero-order valence-electron chi connectivity index (χ0n) is 10.2. The molecular weight excluding hydrogens is 332 g/mol. The third-order valence-corrected chi connectivity index (χ3v) is 3.35. The van der Waals surface area contributed by atoms with Crippen LogP contribution in [-0.4, -0.2) is 5.97 Å². The molecule has 0 aliphatic rings. The maximum atomic E-state index is 13.5. The molecule has 0 saturated heterocycles. The molecule has 0 atom stereocenters. The third kappa shape index (κ3) is 3.33. The largest absolute Gasteiger partial charge is 0.457 e. The number of nitrogen functional groups attached to an aromatic ring is 1. The monoisotopic (exact) mass is 341 g/mol. The standard InChI is InChI=1S/C14H10BrF2NO2/c15-12-3-1-9(16)5-8(12)7-20-14(19)11-6-10(18)2-4-13(11)17/h1-6H,7,18H2. The lowest BCUT2D eigenvalue weighted by molar-refractivity contribution is 0.0466. The van der Waals surface area contributed by atoms with Crippen molar-refractivity contribution in [3.8, 4) is 0 Å². The van der Waals surface area contributed by atoms with Gasteiger partial charge in [-0.05, 0) is 36.4 Å². The molecule has 2 aromatic rings. The van der Waals surface area contributed by atoms with E-state index in [4.69, 9.17) is 10.5 Å². The Kier molecular flexibility index (Phi) is 4.34. The summed E-state index contributed by atoms with van der Waals surface area (Å²) in [6.45, 7) is -0.175. The number of rotatable bonds is 3. The van der Waals surface area contributed by atoms with Crippen LogP contribution in [0.25, 0.3) is 0 Å². The first-order chi connectivity index (χ1) is 9.47. The predicted molar refractivity (Wildman–Crippen MR) is 74.0 cm³/mol. The van der Waals surface area contributed by atoms with Crippen LogP contribution in [0.15, 0.2) is 40.9 Å². The molecule has 2 rings (SSSR count). The van der Waals surface area contributed by atoms with E-state index in [1.54, 1.807) is 0 Å². The smallest absolute Gasteiger partial charge is 0.341 e. The fourth-order valence-corrected chi connectivity index (χ4v) is 1.94. The lowest BCUT2D eigenvalue weighted by Crippen LogP contribution is -2.08. The number of benzene rings is 2. The maximum Gasteiger partial charge on any atom is 0.341 e. The van der Waals surface area contributed by atoms with Crippen LogP contribution in [-0.2, 0) is 11.3 Å². The van der Waals surface area contributed by atoms with Crippen molar-refractivity contribution < 1.29 is 18.3 Å². The van der Waals surface area contributed by atoms with Crippen molar-refractivity contribution >= 4 is 27.6 Å². The lowest BCUT2D eigenvalue weighted by atomic mass is 10.2. The second-order valence-corrected chi connectivity index (χ2v) is 4.91. The summed E-state index contributed by atoms with van der Waals surface area (Å²) in [6, 6.07) is 7.62. The minimum absolute atomic E-state index is 0.175. The summed E-state index contributed by atoms with van der Waals surface area (Å²) in [6.07, 6.45) is 0. The SMILES string of the molecule is Nc1ccc(F)c(C(=O)OCc2cc(F)ccc2Br)c1. The Bertz CT molecular complexity index is 662. The van der Waals surface area contributed by atoms with E-state index in [0.717, 1.165) is 6.07 Å². The molecule has 3 nitrogen and oxygen atoms in total. The van der Waals surface area contributed by atoms with E-state index in [1.807, 2.05) is 0 Å². The predicted octanol–water partition coefficient (Wildman–Crippen LogP) is 3.67. The average Bonchev–Trinajstić information content (AvgIpc) is 2.42. The van der Waals surface area contributed by atoms with E-state index >= 15 is 0 Å². The quantitative estimate of drug-likeness (QED) is 0.684. The van der Waals surface area contributed by atoms with Gasteiger partial charge in [-0.2, -0.15) is 0 Å². The topological polar surface area (TPSA) is 52.3 Å². The highest BCUT2D eigenvalue weighted by molar-refractivity contribution is 9.10. The molecule has 104 valence electrons. The molecule has 0 fully saturated rings. The summed E-state index contributed by atoms with van der Waals surface area (Å²) >= 11 is 3.21. The molecule has 6 heteroatoms. The van der Waals surface area contributed by atoms with Crippen molar-refractivity contribution in [1.82, 2.24) is 0 Å². The highest BCUT2D eigenvalue weighted by Crippen LogP contribution is 2.20. The van der Waals surface area contributed by atoms with E-state index in [2.05, 4.69) is 15.9 Å². The van der Waals surface area contributed by atoms with Crippen LogP contribution >= 0.6 is 15.9 Å².